The minimum Gasteiger partial charge on any atom is -0.454 e. The maximum Gasteiger partial charge on any atom is 0.240 e. The Morgan fingerprint density at radius 2 is 1.67 bits per heavy atom. The van der Waals surface area contributed by atoms with Crippen LogP contribution in [0.15, 0.2) is 88.9 Å². The number of aromatic nitrogens is 2. The zero-order chi connectivity index (χ0) is 27.2. The topological polar surface area (TPSA) is 139 Å². The molecule has 0 unspecified atom stereocenters. The molecule has 12 heteroatoms. The van der Waals surface area contributed by atoms with Gasteiger partial charge in [0, 0.05) is 18.3 Å². The zero-order valence-electron chi connectivity index (χ0n) is 21.3. The van der Waals surface area contributed by atoms with E-state index in [1.807, 2.05) is 55.5 Å². The Kier molecular flexibility index (Phi) is 7.57. The van der Waals surface area contributed by atoms with Crippen molar-refractivity contribution < 1.29 is 17.9 Å². The molecule has 1 aromatic heterocycles. The SMILES string of the molecule is CNS(=O)(=O)c1ccc(C(C)=NNc2cc(NCc3ccc4c(c3)OCO4)nc(Nc3ccccc3)n2)cc1. The van der Waals surface area contributed by atoms with E-state index >= 15 is 0 Å². The quantitative estimate of drug-likeness (QED) is 0.170. The molecule has 200 valence electrons. The van der Waals surface area contributed by atoms with Crippen molar-refractivity contribution in [1.82, 2.24) is 14.7 Å². The molecular weight excluding hydrogens is 518 g/mol. The largest absolute Gasteiger partial charge is 0.454 e. The van der Waals surface area contributed by atoms with Gasteiger partial charge in [-0.15, -0.1) is 0 Å². The summed E-state index contributed by atoms with van der Waals surface area (Å²) < 4.78 is 37.1. The third kappa shape index (κ3) is 6.43. The van der Waals surface area contributed by atoms with Crippen molar-refractivity contribution in [3.8, 4) is 11.5 Å². The minimum atomic E-state index is -3.51. The van der Waals surface area contributed by atoms with Crippen LogP contribution < -0.4 is 30.3 Å². The maximum atomic E-state index is 12.0. The van der Waals surface area contributed by atoms with Crippen molar-refractivity contribution in [2.45, 2.75) is 18.4 Å². The molecular formula is C27H27N7O4S. The number of nitrogens with one attached hydrogen (secondary N) is 4. The molecule has 0 radical (unpaired) electrons. The number of sulfonamides is 1. The summed E-state index contributed by atoms with van der Waals surface area (Å²) in [4.78, 5) is 9.33. The fourth-order valence-electron chi connectivity index (χ4n) is 3.74. The van der Waals surface area contributed by atoms with Crippen LogP contribution in [-0.4, -0.2) is 37.9 Å². The third-order valence-corrected chi connectivity index (χ3v) is 7.29. The molecule has 1 aliphatic rings. The Morgan fingerprint density at radius 1 is 0.923 bits per heavy atom. The molecule has 0 saturated heterocycles. The van der Waals surface area contributed by atoms with Crippen LogP contribution in [0.3, 0.4) is 0 Å². The molecule has 2 heterocycles. The summed E-state index contributed by atoms with van der Waals surface area (Å²) in [6, 6.07) is 23.6. The molecule has 4 N–H and O–H groups in total. The first-order chi connectivity index (χ1) is 18.9. The zero-order valence-corrected chi connectivity index (χ0v) is 22.1. The smallest absolute Gasteiger partial charge is 0.240 e. The number of fused-ring (bicyclic) bond motifs is 1. The second-order valence-electron chi connectivity index (χ2n) is 8.54. The fraction of sp³-hybridized carbons (Fsp3) is 0.148. The Bertz CT molecular complexity index is 1590. The van der Waals surface area contributed by atoms with Crippen molar-refractivity contribution in [1.29, 1.82) is 0 Å². The van der Waals surface area contributed by atoms with Crippen LogP contribution in [0.25, 0.3) is 0 Å². The summed E-state index contributed by atoms with van der Waals surface area (Å²) >= 11 is 0. The van der Waals surface area contributed by atoms with Gasteiger partial charge in [-0.25, -0.2) is 13.1 Å². The molecule has 5 rings (SSSR count). The van der Waals surface area contributed by atoms with E-state index in [9.17, 15) is 8.42 Å². The predicted molar refractivity (Wildman–Crippen MR) is 150 cm³/mol. The van der Waals surface area contributed by atoms with Gasteiger partial charge in [0.2, 0.25) is 22.8 Å². The number of benzene rings is 3. The van der Waals surface area contributed by atoms with Gasteiger partial charge in [-0.2, -0.15) is 15.1 Å². The highest BCUT2D eigenvalue weighted by molar-refractivity contribution is 7.89. The molecule has 0 spiro atoms. The number of hydrazone groups is 1. The molecule has 0 amide bonds. The van der Waals surface area contributed by atoms with E-state index < -0.39 is 10.0 Å². The Balaban J connectivity index is 1.35. The highest BCUT2D eigenvalue weighted by Gasteiger charge is 2.14. The van der Waals surface area contributed by atoms with Crippen molar-refractivity contribution in [2.24, 2.45) is 5.10 Å². The molecule has 0 bridgehead atoms. The molecule has 39 heavy (non-hydrogen) atoms. The van der Waals surface area contributed by atoms with Crippen LogP contribution in [-0.2, 0) is 16.6 Å². The van der Waals surface area contributed by atoms with Crippen LogP contribution in [0.5, 0.6) is 11.5 Å². The summed E-state index contributed by atoms with van der Waals surface area (Å²) in [7, 11) is -2.13. The third-order valence-electron chi connectivity index (χ3n) is 5.86. The second-order valence-corrected chi connectivity index (χ2v) is 10.4. The van der Waals surface area contributed by atoms with Gasteiger partial charge in [-0.1, -0.05) is 36.4 Å². The average Bonchev–Trinajstić information content (AvgIpc) is 3.43. The average molecular weight is 546 g/mol. The van der Waals surface area contributed by atoms with Crippen LogP contribution in [0.1, 0.15) is 18.1 Å². The number of hydrogen-bond donors (Lipinski definition) is 4. The first-order valence-electron chi connectivity index (χ1n) is 12.1. The van der Waals surface area contributed by atoms with E-state index in [4.69, 9.17) is 9.47 Å². The van der Waals surface area contributed by atoms with E-state index in [0.717, 1.165) is 22.6 Å². The van der Waals surface area contributed by atoms with Crippen molar-refractivity contribution in [3.63, 3.8) is 0 Å². The lowest BCUT2D eigenvalue weighted by Crippen LogP contribution is -2.18. The van der Waals surface area contributed by atoms with E-state index in [-0.39, 0.29) is 11.7 Å². The van der Waals surface area contributed by atoms with Gasteiger partial charge in [0.15, 0.2) is 17.3 Å². The summed E-state index contributed by atoms with van der Waals surface area (Å²) in [6.45, 7) is 2.54. The number of ether oxygens (including phenoxy) is 2. The molecule has 0 atom stereocenters. The molecule has 1 aliphatic heterocycles. The van der Waals surface area contributed by atoms with Gasteiger partial charge >= 0.3 is 0 Å². The van der Waals surface area contributed by atoms with Gasteiger partial charge < -0.3 is 20.1 Å². The highest BCUT2D eigenvalue weighted by Crippen LogP contribution is 2.32. The number of hydrogen-bond acceptors (Lipinski definition) is 10. The lowest BCUT2D eigenvalue weighted by molar-refractivity contribution is 0.174. The number of anilines is 4. The first-order valence-corrected chi connectivity index (χ1v) is 13.6. The van der Waals surface area contributed by atoms with E-state index in [2.05, 4.69) is 35.9 Å². The maximum absolute atomic E-state index is 12.0. The summed E-state index contributed by atoms with van der Waals surface area (Å²) in [5.41, 5.74) is 6.24. The minimum absolute atomic E-state index is 0.181. The molecule has 0 aliphatic carbocycles. The monoisotopic (exact) mass is 545 g/mol. The van der Waals surface area contributed by atoms with E-state index in [0.29, 0.717) is 35.6 Å². The van der Waals surface area contributed by atoms with E-state index in [1.165, 1.54) is 19.2 Å². The molecule has 11 nitrogen and oxygen atoms in total. The van der Waals surface area contributed by atoms with Gasteiger partial charge in [-0.05, 0) is 61.5 Å². The van der Waals surface area contributed by atoms with Crippen molar-refractivity contribution in [2.75, 3.05) is 29.9 Å². The fourth-order valence-corrected chi connectivity index (χ4v) is 4.47. The van der Waals surface area contributed by atoms with Gasteiger partial charge in [-0.3, -0.25) is 5.43 Å². The van der Waals surface area contributed by atoms with Gasteiger partial charge in [0.25, 0.3) is 0 Å². The van der Waals surface area contributed by atoms with Crippen LogP contribution >= 0.6 is 0 Å². The highest BCUT2D eigenvalue weighted by atomic mass is 32.2. The molecule has 4 aromatic rings. The van der Waals surface area contributed by atoms with E-state index in [1.54, 1.807) is 18.2 Å². The lowest BCUT2D eigenvalue weighted by Gasteiger charge is -2.12. The Hall–Kier alpha value is -4.68. The normalized spacial score (nSPS) is 12.7. The van der Waals surface area contributed by atoms with Crippen molar-refractivity contribution >= 4 is 39.0 Å². The van der Waals surface area contributed by atoms with Gasteiger partial charge in [0.05, 0.1) is 10.6 Å². The Labute approximate surface area is 226 Å². The number of para-hydroxylation sites is 1. The second kappa shape index (κ2) is 11.4. The first kappa shape index (κ1) is 25.9. The Morgan fingerprint density at radius 3 is 2.44 bits per heavy atom. The summed E-state index contributed by atoms with van der Waals surface area (Å²) in [6.07, 6.45) is 0. The van der Waals surface area contributed by atoms with Crippen LogP contribution in [0.2, 0.25) is 0 Å². The van der Waals surface area contributed by atoms with Gasteiger partial charge in [0.1, 0.15) is 5.82 Å². The number of rotatable bonds is 10. The molecule has 3 aromatic carbocycles. The standard InChI is InChI=1S/C27H27N7O4S/c1-18(20-9-11-22(12-10-20)39(35,36)28-2)33-34-26-15-25(31-27(32-26)30-21-6-4-3-5-7-21)29-16-19-8-13-23-24(14-19)38-17-37-23/h3-15,28H,16-17H2,1-2H3,(H3,29,30,31,32,34). The molecule has 0 fully saturated rings. The van der Waals surface area contributed by atoms with Crippen LogP contribution in [0.4, 0.5) is 23.3 Å². The number of nitrogens with zero attached hydrogens (tertiary/aromatic N) is 3. The summed E-state index contributed by atoms with van der Waals surface area (Å²) in [5.74, 6) is 2.87. The van der Waals surface area contributed by atoms with Crippen LogP contribution in [0, 0.1) is 0 Å². The van der Waals surface area contributed by atoms with Crippen molar-refractivity contribution in [3.05, 3.63) is 90.0 Å². The lowest BCUT2D eigenvalue weighted by atomic mass is 10.1. The summed E-state index contributed by atoms with van der Waals surface area (Å²) in [5, 5.41) is 11.0. The molecule has 0 saturated carbocycles. The predicted octanol–water partition coefficient (Wildman–Crippen LogP) is 4.31.